The summed E-state index contributed by atoms with van der Waals surface area (Å²) in [6.45, 7) is 3.44. The lowest BCUT2D eigenvalue weighted by molar-refractivity contribution is -0.130. The Balaban J connectivity index is 1.71. The number of para-hydroxylation sites is 1. The average molecular weight is 381 g/mol. The number of halogens is 1. The Morgan fingerprint density at radius 3 is 2.25 bits per heavy atom. The van der Waals surface area contributed by atoms with Gasteiger partial charge in [0.1, 0.15) is 17.1 Å². The molecule has 4 rings (SSSR count). The SMILES string of the molecule is CC(=O)N1CCN(C(=O)c2cnn(-c3ccccc3F)c2-n2cccc2)CC1. The summed E-state index contributed by atoms with van der Waals surface area (Å²) < 4.78 is 17.6. The van der Waals surface area contributed by atoms with Crippen LogP contribution in [0, 0.1) is 5.82 Å². The van der Waals surface area contributed by atoms with Crippen LogP contribution in [0.2, 0.25) is 0 Å². The molecule has 1 saturated heterocycles. The minimum absolute atomic E-state index is 0.00695. The van der Waals surface area contributed by atoms with Crippen LogP contribution in [0.1, 0.15) is 17.3 Å². The number of aromatic nitrogens is 3. The van der Waals surface area contributed by atoms with E-state index in [1.807, 2.05) is 12.1 Å². The summed E-state index contributed by atoms with van der Waals surface area (Å²) in [4.78, 5) is 28.1. The van der Waals surface area contributed by atoms with Gasteiger partial charge in [0.05, 0.1) is 6.20 Å². The highest BCUT2D eigenvalue weighted by Crippen LogP contribution is 2.23. The first-order chi connectivity index (χ1) is 13.6. The second kappa shape index (κ2) is 7.30. The summed E-state index contributed by atoms with van der Waals surface area (Å²) >= 11 is 0. The van der Waals surface area contributed by atoms with Crippen LogP contribution in [-0.2, 0) is 4.79 Å². The van der Waals surface area contributed by atoms with Crippen molar-refractivity contribution in [2.75, 3.05) is 26.2 Å². The first kappa shape index (κ1) is 18.0. The van der Waals surface area contributed by atoms with Gasteiger partial charge in [-0.1, -0.05) is 12.1 Å². The predicted octanol–water partition coefficient (Wildman–Crippen LogP) is 2.11. The lowest BCUT2D eigenvalue weighted by atomic mass is 10.2. The highest BCUT2D eigenvalue weighted by molar-refractivity contribution is 5.97. The highest BCUT2D eigenvalue weighted by Gasteiger charge is 2.28. The van der Waals surface area contributed by atoms with Gasteiger partial charge in [0.2, 0.25) is 5.91 Å². The fourth-order valence-corrected chi connectivity index (χ4v) is 3.41. The third kappa shape index (κ3) is 3.17. The van der Waals surface area contributed by atoms with E-state index in [0.29, 0.717) is 37.6 Å². The summed E-state index contributed by atoms with van der Waals surface area (Å²) in [5, 5.41) is 4.31. The van der Waals surface area contributed by atoms with Crippen LogP contribution in [0.4, 0.5) is 4.39 Å². The molecule has 2 aromatic heterocycles. The lowest BCUT2D eigenvalue weighted by Crippen LogP contribution is -2.50. The molecule has 2 amide bonds. The van der Waals surface area contributed by atoms with Gasteiger partial charge in [-0.05, 0) is 24.3 Å². The largest absolute Gasteiger partial charge is 0.339 e. The summed E-state index contributed by atoms with van der Waals surface area (Å²) in [5.41, 5.74) is 0.655. The zero-order valence-corrected chi connectivity index (χ0v) is 15.5. The molecule has 144 valence electrons. The normalized spacial score (nSPS) is 14.4. The molecule has 0 unspecified atom stereocenters. The van der Waals surface area contributed by atoms with Crippen LogP contribution in [0.3, 0.4) is 0 Å². The number of nitrogens with zero attached hydrogens (tertiary/aromatic N) is 5. The van der Waals surface area contributed by atoms with E-state index >= 15 is 0 Å². The van der Waals surface area contributed by atoms with Crippen molar-refractivity contribution < 1.29 is 14.0 Å². The Bertz CT molecular complexity index is 1000. The number of hydrogen-bond donors (Lipinski definition) is 0. The van der Waals surface area contributed by atoms with Crippen molar-refractivity contribution in [1.29, 1.82) is 0 Å². The molecule has 0 N–H and O–H groups in total. The van der Waals surface area contributed by atoms with Crippen molar-refractivity contribution in [3.63, 3.8) is 0 Å². The first-order valence-electron chi connectivity index (χ1n) is 9.07. The van der Waals surface area contributed by atoms with Gasteiger partial charge in [0.15, 0.2) is 5.82 Å². The predicted molar refractivity (Wildman–Crippen MR) is 101 cm³/mol. The minimum Gasteiger partial charge on any atom is -0.339 e. The van der Waals surface area contributed by atoms with Crippen molar-refractivity contribution in [3.8, 4) is 11.5 Å². The maximum atomic E-state index is 14.4. The number of carbonyl (C=O) groups excluding carboxylic acids is 2. The van der Waals surface area contributed by atoms with Crippen molar-refractivity contribution >= 4 is 11.8 Å². The van der Waals surface area contributed by atoms with Crippen molar-refractivity contribution in [3.05, 3.63) is 66.4 Å². The zero-order chi connectivity index (χ0) is 19.7. The fourth-order valence-electron chi connectivity index (χ4n) is 3.41. The van der Waals surface area contributed by atoms with Gasteiger partial charge in [0, 0.05) is 45.5 Å². The standard InChI is InChI=1S/C20H20FN5O2/c1-15(27)23-10-12-25(13-11-23)20(28)16-14-22-26(18-7-3-2-6-17(18)21)19(16)24-8-4-5-9-24/h2-9,14H,10-13H2,1H3. The topological polar surface area (TPSA) is 63.4 Å². The summed E-state index contributed by atoms with van der Waals surface area (Å²) in [5.74, 6) is -0.121. The molecule has 3 heterocycles. The van der Waals surface area contributed by atoms with Gasteiger partial charge in [0.25, 0.3) is 5.91 Å². The zero-order valence-electron chi connectivity index (χ0n) is 15.5. The third-order valence-electron chi connectivity index (χ3n) is 4.92. The molecule has 0 atom stereocenters. The van der Waals surface area contributed by atoms with Gasteiger partial charge in [-0.15, -0.1) is 0 Å². The molecule has 0 aliphatic carbocycles. The fraction of sp³-hybridized carbons (Fsp3) is 0.250. The second-order valence-electron chi connectivity index (χ2n) is 6.63. The van der Waals surface area contributed by atoms with E-state index in [-0.39, 0.29) is 17.5 Å². The number of benzene rings is 1. The number of piperazine rings is 1. The molecular weight excluding hydrogens is 361 g/mol. The Labute approximate surface area is 161 Å². The Morgan fingerprint density at radius 2 is 1.61 bits per heavy atom. The van der Waals surface area contributed by atoms with Crippen molar-refractivity contribution in [2.45, 2.75) is 6.92 Å². The van der Waals surface area contributed by atoms with Gasteiger partial charge in [-0.3, -0.25) is 9.59 Å². The molecule has 1 aromatic carbocycles. The Morgan fingerprint density at radius 1 is 0.964 bits per heavy atom. The second-order valence-corrected chi connectivity index (χ2v) is 6.63. The quantitative estimate of drug-likeness (QED) is 0.698. The molecule has 8 heteroatoms. The molecule has 1 fully saturated rings. The van der Waals surface area contributed by atoms with Gasteiger partial charge in [-0.25, -0.2) is 9.07 Å². The summed E-state index contributed by atoms with van der Waals surface area (Å²) in [6, 6.07) is 9.98. The Hall–Kier alpha value is -3.42. The van der Waals surface area contributed by atoms with E-state index < -0.39 is 5.82 Å². The Kier molecular flexibility index (Phi) is 4.68. The molecule has 0 saturated carbocycles. The molecule has 0 radical (unpaired) electrons. The van der Waals surface area contributed by atoms with E-state index in [2.05, 4.69) is 5.10 Å². The molecule has 0 spiro atoms. The van der Waals surface area contributed by atoms with Gasteiger partial charge < -0.3 is 14.4 Å². The summed E-state index contributed by atoms with van der Waals surface area (Å²) in [6.07, 6.45) is 5.05. The van der Waals surface area contributed by atoms with E-state index in [1.165, 1.54) is 23.9 Å². The van der Waals surface area contributed by atoms with E-state index in [1.54, 1.807) is 45.0 Å². The van der Waals surface area contributed by atoms with Crippen molar-refractivity contribution in [1.82, 2.24) is 24.1 Å². The van der Waals surface area contributed by atoms with Crippen LogP contribution >= 0.6 is 0 Å². The lowest BCUT2D eigenvalue weighted by Gasteiger charge is -2.34. The molecule has 28 heavy (non-hydrogen) atoms. The smallest absolute Gasteiger partial charge is 0.259 e. The van der Waals surface area contributed by atoms with Gasteiger partial charge >= 0.3 is 0 Å². The van der Waals surface area contributed by atoms with E-state index in [9.17, 15) is 14.0 Å². The van der Waals surface area contributed by atoms with E-state index in [4.69, 9.17) is 0 Å². The van der Waals surface area contributed by atoms with Gasteiger partial charge in [-0.2, -0.15) is 5.10 Å². The maximum absolute atomic E-state index is 14.4. The average Bonchev–Trinajstić information content (AvgIpc) is 3.37. The monoisotopic (exact) mass is 381 g/mol. The van der Waals surface area contributed by atoms with Crippen LogP contribution < -0.4 is 0 Å². The number of rotatable bonds is 3. The van der Waals surface area contributed by atoms with Crippen LogP contribution in [0.5, 0.6) is 0 Å². The number of amides is 2. The van der Waals surface area contributed by atoms with Crippen molar-refractivity contribution in [2.24, 2.45) is 0 Å². The summed E-state index contributed by atoms with van der Waals surface area (Å²) in [7, 11) is 0. The van der Waals surface area contributed by atoms with Crippen LogP contribution in [0.25, 0.3) is 11.5 Å². The third-order valence-corrected chi connectivity index (χ3v) is 4.92. The highest BCUT2D eigenvalue weighted by atomic mass is 19.1. The molecular formula is C20H20FN5O2. The minimum atomic E-state index is -0.423. The van der Waals surface area contributed by atoms with E-state index in [0.717, 1.165) is 0 Å². The van der Waals surface area contributed by atoms with Crippen LogP contribution in [0.15, 0.2) is 55.0 Å². The first-order valence-corrected chi connectivity index (χ1v) is 9.07. The number of carbonyl (C=O) groups is 2. The molecule has 0 bridgehead atoms. The maximum Gasteiger partial charge on any atom is 0.259 e. The number of hydrogen-bond acceptors (Lipinski definition) is 3. The molecule has 3 aromatic rings. The molecule has 7 nitrogen and oxygen atoms in total. The molecule has 1 aliphatic rings. The van der Waals surface area contributed by atoms with Crippen LogP contribution in [-0.4, -0.2) is 62.1 Å². The molecule has 1 aliphatic heterocycles.